The highest BCUT2D eigenvalue weighted by Crippen LogP contribution is 2.44. The number of aromatic hydroxyl groups is 4. The second-order valence-corrected chi connectivity index (χ2v) is 31.7. The minimum Gasteiger partial charge on any atom is -0.507 e. The molecule has 4 N–H and O–H groups in total. The summed E-state index contributed by atoms with van der Waals surface area (Å²) in [6.45, 7) is 14.4. The van der Waals surface area contributed by atoms with Crippen molar-refractivity contribution in [2.75, 3.05) is 6.61 Å². The predicted molar refractivity (Wildman–Crippen MR) is 510 cm³/mol. The van der Waals surface area contributed by atoms with Crippen molar-refractivity contribution in [3.63, 3.8) is 0 Å². The Morgan fingerprint density at radius 3 is 1.09 bits per heavy atom. The quantitative estimate of drug-likeness (QED) is 0.0492. The maximum atomic E-state index is 10.4. The van der Waals surface area contributed by atoms with Gasteiger partial charge in [0.05, 0.1) is 69.9 Å². The van der Waals surface area contributed by atoms with Gasteiger partial charge in [0, 0.05) is 46.5 Å². The molecule has 0 radical (unpaired) electrons. The van der Waals surface area contributed by atoms with Gasteiger partial charge >= 0.3 is 0 Å². The molecule has 0 fully saturated rings. The van der Waals surface area contributed by atoms with Gasteiger partial charge in [0.2, 0.25) is 23.5 Å². The van der Waals surface area contributed by atoms with Crippen LogP contribution in [0.1, 0.15) is 54.9 Å². The fraction of sp³-hybridized carbons (Fsp3) is 0.109. The molecule has 0 aliphatic heterocycles. The number of hydrogen-bond acceptors (Lipinski definition) is 16. The van der Waals surface area contributed by atoms with Crippen molar-refractivity contribution in [1.29, 1.82) is 0 Å². The van der Waals surface area contributed by atoms with Crippen LogP contribution < -0.4 is 18.9 Å². The number of phenols is 4. The van der Waals surface area contributed by atoms with Crippen molar-refractivity contribution in [2.24, 2.45) is 0 Å². The van der Waals surface area contributed by atoms with E-state index in [1.165, 1.54) is 53.9 Å². The third kappa shape index (κ3) is 17.1. The van der Waals surface area contributed by atoms with Crippen LogP contribution in [0.2, 0.25) is 0 Å². The van der Waals surface area contributed by atoms with E-state index >= 15 is 0 Å². The smallest absolute Gasteiger partial charge is 0.217 e. The number of ether oxygens (including phenoxy) is 4. The maximum absolute atomic E-state index is 10.4. The molecule has 0 spiro atoms. The van der Waals surface area contributed by atoms with E-state index in [2.05, 4.69) is 209 Å². The zero-order valence-corrected chi connectivity index (χ0v) is 70.5. The van der Waals surface area contributed by atoms with E-state index < -0.39 is 0 Å². The lowest BCUT2D eigenvalue weighted by molar-refractivity contribution is 0.232. The summed E-state index contributed by atoms with van der Waals surface area (Å²) in [6, 6.07) is 112. The summed E-state index contributed by atoms with van der Waals surface area (Å²) in [7, 11) is 0. The average molecular weight is 1650 g/mol. The van der Waals surface area contributed by atoms with E-state index in [4.69, 9.17) is 38.9 Å². The fourth-order valence-electron chi connectivity index (χ4n) is 16.2. The highest BCUT2D eigenvalue weighted by Gasteiger charge is 2.23. The minimum atomic E-state index is -0.0377. The number of para-hydroxylation sites is 4. The van der Waals surface area contributed by atoms with Gasteiger partial charge in [-0.1, -0.05) is 244 Å². The molecule has 21 rings (SSSR count). The van der Waals surface area contributed by atoms with E-state index in [-0.39, 0.29) is 41.3 Å². The molecule has 0 aliphatic carbocycles. The zero-order valence-electron chi connectivity index (χ0n) is 70.5. The van der Waals surface area contributed by atoms with Gasteiger partial charge in [-0.2, -0.15) is 19.9 Å². The van der Waals surface area contributed by atoms with Gasteiger partial charge in [-0.05, 0) is 224 Å². The molecule has 17 aromatic carbocycles. The van der Waals surface area contributed by atoms with Crippen molar-refractivity contribution in [2.45, 2.75) is 73.2 Å². The Hall–Kier alpha value is -15.9. The zero-order chi connectivity index (χ0) is 86.5. The topological polar surface area (TPSA) is 221 Å². The van der Waals surface area contributed by atoms with E-state index in [9.17, 15) is 20.4 Å². The lowest BCUT2D eigenvalue weighted by atomic mass is 9.91. The second-order valence-electron chi connectivity index (χ2n) is 31.7. The molecule has 0 unspecified atom stereocenters. The highest BCUT2D eigenvalue weighted by molar-refractivity contribution is 6.25. The molecule has 0 aliphatic rings. The van der Waals surface area contributed by atoms with Crippen molar-refractivity contribution >= 4 is 97.0 Å². The summed E-state index contributed by atoms with van der Waals surface area (Å²) in [6.07, 6.45) is 0.776. The Labute approximate surface area is 728 Å². The van der Waals surface area contributed by atoms with Crippen LogP contribution in [0.5, 0.6) is 46.5 Å². The van der Waals surface area contributed by atoms with Crippen molar-refractivity contribution < 1.29 is 39.4 Å². The predicted octanol–water partition coefficient (Wildman–Crippen LogP) is 27.0. The standard InChI is InChI=1S/C29H22N2O2.3C27H22N2O2/c1-17(2)33-26-16-24(30-29(31-26)23-8-3-4-9-25(23)32)21-14-12-20-11-10-18-6-5-7-19-13-15-22(21)28(20)27(18)19;1-17(2)31-25-16-23(28-27(29-25)22-13-7-8-14-24(22)30)26-20-11-5-3-9-18(20)15-19-10-4-6-12-21(19)26;1-17(2)31-26-16-24(28-27(29-26)22-13-7-8-14-25(22)30)23-15-18-9-3-4-10-19(18)20-11-5-6-12-21(20)23;1-2-13-31-26-17-24(28-27(29-26)23-9-5-6-10-25(23)30)21-12-11-20-14-18-7-3-4-8-19(18)15-22(20)16-21/h3-17,32H,1-2H3;2*3-17,30H,1-2H3;3-12,14-17,30H,2,13H2,1H3. The lowest BCUT2D eigenvalue weighted by Gasteiger charge is -2.16. The Morgan fingerprint density at radius 2 is 0.587 bits per heavy atom. The SMILES string of the molecule is CC(C)Oc1cc(-c2c3ccccc3cc3ccccc23)nc(-c2ccccc2O)n1.CC(C)Oc1cc(-c2cc3ccccc3c3ccccc23)nc(-c2ccccc2O)n1.CC(C)Oc1cc(-c2ccc3ccc4cccc5ccc2c3c45)nc(-c2ccccc2O)n1.CCCOc1cc(-c2ccc3cc4ccccc4cc3c2)nc(-c2ccccc2O)n1. The van der Waals surface area contributed by atoms with Crippen LogP contribution in [0.3, 0.4) is 0 Å². The molecule has 4 aromatic heterocycles. The molecule has 16 heteroatoms. The first-order valence-electron chi connectivity index (χ1n) is 42.2. The minimum absolute atomic E-state index is 0.0340. The first-order valence-corrected chi connectivity index (χ1v) is 42.2. The van der Waals surface area contributed by atoms with Crippen LogP contribution in [-0.2, 0) is 0 Å². The Bertz CT molecular complexity index is 7560. The number of nitrogens with zero attached hydrogens (tertiary/aromatic N) is 8. The summed E-state index contributed by atoms with van der Waals surface area (Å²) in [5.41, 5.74) is 9.35. The molecule has 16 nitrogen and oxygen atoms in total. The molecular weight excluding hydrogens is 1560 g/mol. The number of fused-ring (bicyclic) bond motifs is 7. The summed E-state index contributed by atoms with van der Waals surface area (Å²) in [5.74, 6) is 4.26. The van der Waals surface area contributed by atoms with Crippen LogP contribution in [0.15, 0.2) is 340 Å². The molecular formula is C110H88N8O8. The number of hydrogen-bond donors (Lipinski definition) is 4. The van der Waals surface area contributed by atoms with Gasteiger partial charge in [0.1, 0.15) is 23.0 Å². The molecule has 0 amide bonds. The normalized spacial score (nSPS) is 11.4. The largest absolute Gasteiger partial charge is 0.507 e. The Kier molecular flexibility index (Phi) is 22.9. The summed E-state index contributed by atoms with van der Waals surface area (Å²) in [5, 5.41) is 62.7. The third-order valence-electron chi connectivity index (χ3n) is 21.8. The molecule has 21 aromatic rings. The van der Waals surface area contributed by atoms with E-state index in [1.54, 1.807) is 48.5 Å². The summed E-state index contributed by atoms with van der Waals surface area (Å²) < 4.78 is 23.7. The first-order chi connectivity index (χ1) is 61.5. The third-order valence-corrected chi connectivity index (χ3v) is 21.8. The summed E-state index contributed by atoms with van der Waals surface area (Å²) in [4.78, 5) is 37.7. The van der Waals surface area contributed by atoms with Gasteiger partial charge in [0.25, 0.3) is 0 Å². The average Bonchev–Trinajstić information content (AvgIpc) is 1.07. The van der Waals surface area contributed by atoms with Crippen molar-refractivity contribution in [1.82, 2.24) is 39.9 Å². The number of aromatic nitrogens is 8. The van der Waals surface area contributed by atoms with Crippen LogP contribution >= 0.6 is 0 Å². The molecule has 0 bridgehead atoms. The van der Waals surface area contributed by atoms with Crippen molar-refractivity contribution in [3.8, 4) is 137 Å². The number of phenolic OH excluding ortho intramolecular Hbond substituents is 4. The Balaban J connectivity index is 0.000000114. The van der Waals surface area contributed by atoms with Crippen LogP contribution in [-0.4, -0.2) is 85.2 Å². The van der Waals surface area contributed by atoms with Gasteiger partial charge in [-0.3, -0.25) is 0 Å². The van der Waals surface area contributed by atoms with Gasteiger partial charge in [0.15, 0.2) is 23.3 Å². The van der Waals surface area contributed by atoms with E-state index in [0.717, 1.165) is 94.5 Å². The Morgan fingerprint density at radius 1 is 0.238 bits per heavy atom. The van der Waals surface area contributed by atoms with Crippen molar-refractivity contribution in [3.05, 3.63) is 340 Å². The van der Waals surface area contributed by atoms with Crippen LogP contribution in [0, 0.1) is 0 Å². The molecule has 0 saturated carbocycles. The molecule has 616 valence electrons. The van der Waals surface area contributed by atoms with E-state index in [1.807, 2.05) is 151 Å². The fourth-order valence-corrected chi connectivity index (χ4v) is 16.2. The van der Waals surface area contributed by atoms with Gasteiger partial charge < -0.3 is 39.4 Å². The van der Waals surface area contributed by atoms with E-state index in [0.29, 0.717) is 75.7 Å². The monoisotopic (exact) mass is 1650 g/mol. The van der Waals surface area contributed by atoms with Gasteiger partial charge in [-0.15, -0.1) is 0 Å². The summed E-state index contributed by atoms with van der Waals surface area (Å²) >= 11 is 0. The first kappa shape index (κ1) is 81.1. The maximum Gasteiger partial charge on any atom is 0.217 e. The number of rotatable bonds is 17. The molecule has 0 atom stereocenters. The number of benzene rings is 17. The highest BCUT2D eigenvalue weighted by atomic mass is 16.5. The molecule has 126 heavy (non-hydrogen) atoms. The lowest BCUT2D eigenvalue weighted by Crippen LogP contribution is -2.08. The van der Waals surface area contributed by atoms with Crippen LogP contribution in [0.25, 0.3) is 188 Å². The van der Waals surface area contributed by atoms with Gasteiger partial charge in [-0.25, -0.2) is 19.9 Å². The molecule has 4 heterocycles. The second kappa shape index (κ2) is 35.6. The molecule has 0 saturated heterocycles. The van der Waals surface area contributed by atoms with Crippen LogP contribution in [0.4, 0.5) is 0 Å².